The van der Waals surface area contributed by atoms with Gasteiger partial charge in [0.25, 0.3) is 0 Å². The van der Waals surface area contributed by atoms with Gasteiger partial charge in [0.05, 0.1) is 16.7 Å². The van der Waals surface area contributed by atoms with E-state index in [0.717, 1.165) is 60.9 Å². The second-order valence-corrected chi connectivity index (χ2v) is 11.2. The molecule has 5 heteroatoms. The first kappa shape index (κ1) is 26.7. The first-order chi connectivity index (χ1) is 22.1. The number of aryl methyl sites for hydroxylation is 1. The van der Waals surface area contributed by atoms with Crippen LogP contribution in [0.4, 0.5) is 4.39 Å². The lowest BCUT2D eigenvalue weighted by atomic mass is 10.00. The first-order valence-corrected chi connectivity index (χ1v) is 14.9. The molecule has 0 atom stereocenters. The van der Waals surface area contributed by atoms with Gasteiger partial charge in [-0.2, -0.15) is 0 Å². The molecule has 0 unspecified atom stereocenters. The zero-order chi connectivity index (χ0) is 30.3. The maximum absolute atomic E-state index is 14.6. The highest BCUT2D eigenvalue weighted by Gasteiger charge is 2.19. The lowest BCUT2D eigenvalue weighted by Crippen LogP contribution is -2.02. The molecule has 2 aromatic heterocycles. The second kappa shape index (κ2) is 11.0. The van der Waals surface area contributed by atoms with Gasteiger partial charge in [0.15, 0.2) is 17.5 Å². The molecule has 0 spiro atoms. The second-order valence-electron chi connectivity index (χ2n) is 11.2. The molecule has 6 aromatic carbocycles. The van der Waals surface area contributed by atoms with E-state index in [0.29, 0.717) is 17.5 Å². The van der Waals surface area contributed by atoms with Gasteiger partial charge in [0.1, 0.15) is 5.82 Å². The van der Waals surface area contributed by atoms with Crippen LogP contribution in [0.1, 0.15) is 5.56 Å². The number of rotatable bonds is 5. The molecule has 0 saturated carbocycles. The molecule has 0 fully saturated rings. The molecule has 0 N–H and O–H groups in total. The van der Waals surface area contributed by atoms with Crippen LogP contribution in [-0.2, 0) is 0 Å². The van der Waals surface area contributed by atoms with Gasteiger partial charge in [-0.3, -0.25) is 0 Å². The van der Waals surface area contributed by atoms with Gasteiger partial charge in [0.2, 0.25) is 0 Å². The molecule has 8 aromatic rings. The Kier molecular flexibility index (Phi) is 6.50. The van der Waals surface area contributed by atoms with Crippen molar-refractivity contribution in [1.82, 2.24) is 19.5 Å². The largest absolute Gasteiger partial charge is 0.309 e. The van der Waals surface area contributed by atoms with Crippen LogP contribution in [0.15, 0.2) is 146 Å². The third-order valence-corrected chi connectivity index (χ3v) is 8.16. The van der Waals surface area contributed by atoms with Gasteiger partial charge in [0, 0.05) is 33.0 Å². The Bertz CT molecular complexity index is 2290. The number of benzene rings is 6. The van der Waals surface area contributed by atoms with Crippen molar-refractivity contribution in [2.45, 2.75) is 6.92 Å². The van der Waals surface area contributed by atoms with E-state index in [1.165, 1.54) is 6.07 Å². The minimum Gasteiger partial charge on any atom is -0.309 e. The highest BCUT2D eigenvalue weighted by molar-refractivity contribution is 6.10. The van der Waals surface area contributed by atoms with E-state index in [-0.39, 0.29) is 5.82 Å². The third kappa shape index (κ3) is 4.85. The van der Waals surface area contributed by atoms with Crippen molar-refractivity contribution < 1.29 is 4.39 Å². The van der Waals surface area contributed by atoms with Crippen LogP contribution in [0.5, 0.6) is 0 Å². The molecule has 0 radical (unpaired) electrons. The monoisotopic (exact) mass is 582 g/mol. The first-order valence-electron chi connectivity index (χ1n) is 14.9. The molecule has 8 rings (SSSR count). The molecular formula is C40H27FN4. The van der Waals surface area contributed by atoms with Crippen molar-refractivity contribution in [2.75, 3.05) is 0 Å². The number of para-hydroxylation sites is 1. The Hall–Kier alpha value is -5.94. The zero-order valence-electron chi connectivity index (χ0n) is 24.5. The van der Waals surface area contributed by atoms with Crippen LogP contribution in [0.3, 0.4) is 0 Å². The van der Waals surface area contributed by atoms with Crippen LogP contribution < -0.4 is 0 Å². The average molecular weight is 583 g/mol. The number of hydrogen-bond donors (Lipinski definition) is 0. The Morgan fingerprint density at radius 1 is 0.467 bits per heavy atom. The quantitative estimate of drug-likeness (QED) is 0.203. The van der Waals surface area contributed by atoms with Gasteiger partial charge < -0.3 is 4.57 Å². The van der Waals surface area contributed by atoms with Gasteiger partial charge in [-0.05, 0) is 48.4 Å². The minimum atomic E-state index is -0.280. The molecule has 0 aliphatic carbocycles. The van der Waals surface area contributed by atoms with E-state index < -0.39 is 0 Å². The fourth-order valence-electron chi connectivity index (χ4n) is 6.03. The number of fused-ring (bicyclic) bond motifs is 3. The Morgan fingerprint density at radius 3 is 1.76 bits per heavy atom. The van der Waals surface area contributed by atoms with Crippen molar-refractivity contribution in [1.29, 1.82) is 0 Å². The van der Waals surface area contributed by atoms with E-state index in [9.17, 15) is 4.39 Å². The fraction of sp³-hybridized carbons (Fsp3) is 0.0250. The van der Waals surface area contributed by atoms with Crippen molar-refractivity contribution in [3.63, 3.8) is 0 Å². The zero-order valence-corrected chi connectivity index (χ0v) is 24.5. The molecule has 0 aliphatic rings. The molecule has 4 nitrogen and oxygen atoms in total. The van der Waals surface area contributed by atoms with Crippen LogP contribution in [0, 0.1) is 12.7 Å². The number of hydrogen-bond acceptors (Lipinski definition) is 3. The van der Waals surface area contributed by atoms with Crippen molar-refractivity contribution in [3.8, 4) is 51.0 Å². The van der Waals surface area contributed by atoms with Crippen LogP contribution in [-0.4, -0.2) is 19.5 Å². The Balaban J connectivity index is 1.43. The molecule has 2 heterocycles. The van der Waals surface area contributed by atoms with Gasteiger partial charge >= 0.3 is 0 Å². The van der Waals surface area contributed by atoms with Crippen LogP contribution in [0.2, 0.25) is 0 Å². The van der Waals surface area contributed by atoms with Crippen molar-refractivity contribution in [3.05, 3.63) is 157 Å². The summed E-state index contributed by atoms with van der Waals surface area (Å²) in [6, 6.07) is 47.8. The number of halogens is 1. The smallest absolute Gasteiger partial charge is 0.164 e. The SMILES string of the molecule is Cc1ccc2c3ccccc3n(-c3cc(-c4nc(-c5ccccc5)nc(-c5ccccc5)n4)ccc3-c3cccc(F)c3)c2c1. The van der Waals surface area contributed by atoms with Gasteiger partial charge in [-0.25, -0.2) is 19.3 Å². The summed E-state index contributed by atoms with van der Waals surface area (Å²) in [5.74, 6) is 1.48. The van der Waals surface area contributed by atoms with E-state index >= 15 is 0 Å². The highest BCUT2D eigenvalue weighted by Crippen LogP contribution is 2.38. The molecule has 0 aliphatic heterocycles. The molecule has 0 amide bonds. The molecule has 0 bridgehead atoms. The maximum Gasteiger partial charge on any atom is 0.164 e. The van der Waals surface area contributed by atoms with Crippen molar-refractivity contribution >= 4 is 21.8 Å². The predicted octanol–water partition coefficient (Wildman–Crippen LogP) is 10.1. The van der Waals surface area contributed by atoms with Crippen LogP contribution >= 0.6 is 0 Å². The third-order valence-electron chi connectivity index (χ3n) is 8.16. The van der Waals surface area contributed by atoms with E-state index in [1.54, 1.807) is 12.1 Å². The average Bonchev–Trinajstić information content (AvgIpc) is 3.41. The molecule has 45 heavy (non-hydrogen) atoms. The minimum absolute atomic E-state index is 0.280. The number of nitrogens with zero attached hydrogens (tertiary/aromatic N) is 4. The Labute approximate surface area is 260 Å². The molecule has 214 valence electrons. The predicted molar refractivity (Wildman–Crippen MR) is 181 cm³/mol. The lowest BCUT2D eigenvalue weighted by molar-refractivity contribution is 0.628. The summed E-state index contributed by atoms with van der Waals surface area (Å²) in [6.07, 6.45) is 0. The summed E-state index contributed by atoms with van der Waals surface area (Å²) in [6.45, 7) is 2.10. The van der Waals surface area contributed by atoms with Crippen molar-refractivity contribution in [2.24, 2.45) is 0 Å². The fourth-order valence-corrected chi connectivity index (χ4v) is 6.03. The van der Waals surface area contributed by atoms with Crippen LogP contribution in [0.25, 0.3) is 72.8 Å². The summed E-state index contributed by atoms with van der Waals surface area (Å²) in [5, 5.41) is 2.31. The normalized spacial score (nSPS) is 11.3. The van der Waals surface area contributed by atoms with E-state index in [2.05, 4.69) is 60.0 Å². The Morgan fingerprint density at radius 2 is 1.07 bits per heavy atom. The number of aromatic nitrogens is 4. The maximum atomic E-state index is 14.6. The van der Waals surface area contributed by atoms with Gasteiger partial charge in [-0.15, -0.1) is 0 Å². The van der Waals surface area contributed by atoms with E-state index in [1.807, 2.05) is 78.9 Å². The molecular weight excluding hydrogens is 555 g/mol. The summed E-state index contributed by atoms with van der Waals surface area (Å²) in [4.78, 5) is 14.8. The topological polar surface area (TPSA) is 43.6 Å². The molecule has 0 saturated heterocycles. The summed E-state index contributed by atoms with van der Waals surface area (Å²) >= 11 is 0. The summed E-state index contributed by atoms with van der Waals surface area (Å²) in [7, 11) is 0. The lowest BCUT2D eigenvalue weighted by Gasteiger charge is -2.16. The highest BCUT2D eigenvalue weighted by atomic mass is 19.1. The summed E-state index contributed by atoms with van der Waals surface area (Å²) < 4.78 is 16.9. The summed E-state index contributed by atoms with van der Waals surface area (Å²) in [5.41, 5.74) is 8.57. The van der Waals surface area contributed by atoms with E-state index in [4.69, 9.17) is 15.0 Å². The standard InChI is InChI=1S/C40H27FN4/c1-26-19-21-34-33-17-8-9-18-35(33)45(36(34)23-26)37-25-30(20-22-32(37)29-15-10-16-31(41)24-29)40-43-38(27-11-4-2-5-12-27)42-39(44-40)28-13-6-3-7-14-28/h2-25H,1H3. The van der Waals surface area contributed by atoms with Gasteiger partial charge in [-0.1, -0.05) is 115 Å².